The summed E-state index contributed by atoms with van der Waals surface area (Å²) in [5, 5.41) is 4.85. The van der Waals surface area contributed by atoms with Gasteiger partial charge in [-0.1, -0.05) is 18.2 Å². The number of H-pyrrole nitrogens is 1. The lowest BCUT2D eigenvalue weighted by molar-refractivity contribution is 0.0594. The quantitative estimate of drug-likeness (QED) is 0.449. The molecule has 31 heavy (non-hydrogen) atoms. The molecule has 0 atom stereocenters. The number of ether oxygens (including phenoxy) is 1. The monoisotopic (exact) mass is 412 g/mol. The van der Waals surface area contributed by atoms with E-state index in [9.17, 15) is 4.79 Å². The summed E-state index contributed by atoms with van der Waals surface area (Å²) >= 11 is 0. The predicted octanol–water partition coefficient (Wildman–Crippen LogP) is 4.70. The maximum atomic E-state index is 11.8. The van der Waals surface area contributed by atoms with Gasteiger partial charge in [0.15, 0.2) is 0 Å². The Hall–Kier alpha value is -3.80. The van der Waals surface area contributed by atoms with E-state index in [0.717, 1.165) is 37.3 Å². The lowest BCUT2D eigenvalue weighted by Gasteiger charge is -2.20. The number of carbonyl (C=O) groups excluding carboxylic acids is 1. The van der Waals surface area contributed by atoms with Gasteiger partial charge in [0.25, 0.3) is 0 Å². The first kappa shape index (κ1) is 19.2. The Labute approximate surface area is 180 Å². The number of anilines is 3. The van der Waals surface area contributed by atoms with Crippen LogP contribution in [0, 0.1) is 0 Å². The second kappa shape index (κ2) is 8.14. The normalized spacial score (nSPS) is 12.7. The largest absolute Gasteiger partial charge is 0.464 e. The first-order chi connectivity index (χ1) is 15.2. The van der Waals surface area contributed by atoms with Gasteiger partial charge < -0.3 is 19.9 Å². The highest BCUT2D eigenvalue weighted by Gasteiger charge is 2.22. The molecule has 2 N–H and O–H groups in total. The summed E-state index contributed by atoms with van der Waals surface area (Å²) in [6.45, 7) is 1.75. The lowest BCUT2D eigenvalue weighted by atomic mass is 10.1. The molecule has 1 aliphatic heterocycles. The molecule has 0 bridgehead atoms. The smallest absolute Gasteiger partial charge is 0.356 e. The van der Waals surface area contributed by atoms with Crippen LogP contribution in [0.2, 0.25) is 0 Å². The number of benzene rings is 2. The molecule has 4 aromatic rings. The first-order valence-electron chi connectivity index (χ1n) is 10.5. The molecule has 6 nitrogen and oxygen atoms in total. The van der Waals surface area contributed by atoms with E-state index < -0.39 is 5.97 Å². The van der Waals surface area contributed by atoms with E-state index >= 15 is 0 Å². The highest BCUT2D eigenvalue weighted by atomic mass is 16.5. The zero-order valence-electron chi connectivity index (χ0n) is 17.4. The third kappa shape index (κ3) is 3.72. The van der Waals surface area contributed by atoms with Gasteiger partial charge in [-0.25, -0.2) is 9.78 Å². The number of methoxy groups -OCH3 is 1. The molecular formula is C25H24N4O2. The zero-order valence-corrected chi connectivity index (χ0v) is 17.4. The minimum absolute atomic E-state index is 0.323. The van der Waals surface area contributed by atoms with E-state index in [1.165, 1.54) is 34.8 Å². The Morgan fingerprint density at radius 3 is 3.00 bits per heavy atom. The highest BCUT2D eigenvalue weighted by molar-refractivity contribution is 5.89. The number of pyridine rings is 1. The van der Waals surface area contributed by atoms with Crippen molar-refractivity contribution in [3.63, 3.8) is 0 Å². The molecule has 0 spiro atoms. The summed E-state index contributed by atoms with van der Waals surface area (Å²) in [5.41, 5.74) is 7.39. The van der Waals surface area contributed by atoms with Gasteiger partial charge in [-0.3, -0.25) is 0 Å². The molecule has 1 aliphatic rings. The summed E-state index contributed by atoms with van der Waals surface area (Å²) < 4.78 is 4.80. The molecule has 0 saturated carbocycles. The third-order valence-corrected chi connectivity index (χ3v) is 5.82. The molecule has 0 fully saturated rings. The van der Waals surface area contributed by atoms with Crippen molar-refractivity contribution in [1.82, 2.24) is 9.97 Å². The highest BCUT2D eigenvalue weighted by Crippen LogP contribution is 2.36. The van der Waals surface area contributed by atoms with Crippen molar-refractivity contribution in [3.8, 4) is 0 Å². The van der Waals surface area contributed by atoms with E-state index in [-0.39, 0.29) is 0 Å². The molecule has 0 aliphatic carbocycles. The SMILES string of the molecule is COC(=O)c1cc(N2CCc3cc(NCCc4c[nH]c5ccccc45)ccc32)ccn1. The topological polar surface area (TPSA) is 70.2 Å². The second-order valence-electron chi connectivity index (χ2n) is 7.67. The van der Waals surface area contributed by atoms with E-state index in [0.29, 0.717) is 5.69 Å². The van der Waals surface area contributed by atoms with Crippen LogP contribution >= 0.6 is 0 Å². The Morgan fingerprint density at radius 2 is 2.10 bits per heavy atom. The first-order valence-corrected chi connectivity index (χ1v) is 10.5. The maximum absolute atomic E-state index is 11.8. The van der Waals surface area contributed by atoms with Crippen LogP contribution < -0.4 is 10.2 Å². The fraction of sp³-hybridized carbons (Fsp3) is 0.200. The van der Waals surface area contributed by atoms with Crippen LogP contribution in [-0.2, 0) is 17.6 Å². The molecule has 0 unspecified atom stereocenters. The van der Waals surface area contributed by atoms with Crippen molar-refractivity contribution in [2.24, 2.45) is 0 Å². The Bertz CT molecular complexity index is 1250. The van der Waals surface area contributed by atoms with Gasteiger partial charge in [0.05, 0.1) is 7.11 Å². The number of fused-ring (bicyclic) bond motifs is 2. The number of aromatic amines is 1. The van der Waals surface area contributed by atoms with Crippen molar-refractivity contribution in [2.45, 2.75) is 12.8 Å². The molecule has 5 rings (SSSR count). The van der Waals surface area contributed by atoms with Gasteiger partial charge in [0.2, 0.25) is 0 Å². The van der Waals surface area contributed by atoms with Crippen LogP contribution in [0.5, 0.6) is 0 Å². The fourth-order valence-corrected chi connectivity index (χ4v) is 4.26. The summed E-state index contributed by atoms with van der Waals surface area (Å²) in [6.07, 6.45) is 5.67. The maximum Gasteiger partial charge on any atom is 0.356 e. The number of para-hydroxylation sites is 1. The zero-order chi connectivity index (χ0) is 21.2. The van der Waals surface area contributed by atoms with Gasteiger partial charge in [-0.2, -0.15) is 0 Å². The third-order valence-electron chi connectivity index (χ3n) is 5.82. The number of hydrogen-bond donors (Lipinski definition) is 2. The number of nitrogens with one attached hydrogen (secondary N) is 2. The lowest BCUT2D eigenvalue weighted by Crippen LogP contribution is -2.14. The minimum atomic E-state index is -0.420. The Kier molecular flexibility index (Phi) is 5.04. The average Bonchev–Trinajstić information content (AvgIpc) is 3.43. The van der Waals surface area contributed by atoms with Crippen molar-refractivity contribution in [1.29, 1.82) is 0 Å². The summed E-state index contributed by atoms with van der Waals surface area (Å²) in [6, 6.07) is 18.6. The van der Waals surface area contributed by atoms with Gasteiger partial charge in [-0.15, -0.1) is 0 Å². The van der Waals surface area contributed by atoms with Crippen LogP contribution in [0.15, 0.2) is 67.0 Å². The van der Waals surface area contributed by atoms with Crippen LogP contribution in [0.1, 0.15) is 21.6 Å². The molecule has 0 amide bonds. The number of carbonyl (C=O) groups is 1. The summed E-state index contributed by atoms with van der Waals surface area (Å²) in [7, 11) is 1.37. The molecule has 3 heterocycles. The van der Waals surface area contributed by atoms with E-state index in [2.05, 4.69) is 68.8 Å². The molecule has 6 heteroatoms. The number of hydrogen-bond acceptors (Lipinski definition) is 5. The number of esters is 1. The summed E-state index contributed by atoms with van der Waals surface area (Å²) in [4.78, 5) is 21.5. The fourth-order valence-electron chi connectivity index (χ4n) is 4.26. The molecule has 156 valence electrons. The van der Waals surface area contributed by atoms with Crippen LogP contribution in [0.4, 0.5) is 17.1 Å². The molecule has 2 aromatic carbocycles. The van der Waals surface area contributed by atoms with E-state index in [4.69, 9.17) is 4.74 Å². The molecule has 0 saturated heterocycles. The Morgan fingerprint density at radius 1 is 1.19 bits per heavy atom. The van der Waals surface area contributed by atoms with Crippen LogP contribution in [-0.4, -0.2) is 36.1 Å². The van der Waals surface area contributed by atoms with Gasteiger partial charge in [0.1, 0.15) is 5.69 Å². The van der Waals surface area contributed by atoms with Gasteiger partial charge in [-0.05, 0) is 60.4 Å². The number of aromatic nitrogens is 2. The van der Waals surface area contributed by atoms with Crippen molar-refractivity contribution in [3.05, 3.63) is 83.8 Å². The predicted molar refractivity (Wildman–Crippen MR) is 123 cm³/mol. The van der Waals surface area contributed by atoms with Gasteiger partial charge in [0, 0.05) is 53.4 Å². The van der Waals surface area contributed by atoms with Crippen molar-refractivity contribution < 1.29 is 9.53 Å². The molecule has 2 aromatic heterocycles. The van der Waals surface area contributed by atoms with Crippen LogP contribution in [0.25, 0.3) is 10.9 Å². The van der Waals surface area contributed by atoms with Crippen LogP contribution in [0.3, 0.4) is 0 Å². The molecular weight excluding hydrogens is 388 g/mol. The van der Waals surface area contributed by atoms with Gasteiger partial charge >= 0.3 is 5.97 Å². The standard InChI is InChI=1S/C25H24N4O2/c1-31-25(30)23-15-20(9-12-27-23)29-13-10-17-14-19(6-7-24(17)29)26-11-8-18-16-28-22-5-3-2-4-21(18)22/h2-7,9,12,14-16,26,28H,8,10-11,13H2,1H3. The average molecular weight is 412 g/mol. The molecule has 0 radical (unpaired) electrons. The number of nitrogens with zero attached hydrogens (tertiary/aromatic N) is 2. The second-order valence-corrected chi connectivity index (χ2v) is 7.67. The van der Waals surface area contributed by atoms with Crippen molar-refractivity contribution in [2.75, 3.05) is 30.4 Å². The van der Waals surface area contributed by atoms with E-state index in [1.807, 2.05) is 6.07 Å². The van der Waals surface area contributed by atoms with E-state index in [1.54, 1.807) is 12.3 Å². The minimum Gasteiger partial charge on any atom is -0.464 e. The van der Waals surface area contributed by atoms with Crippen molar-refractivity contribution >= 4 is 33.9 Å². The summed E-state index contributed by atoms with van der Waals surface area (Å²) in [5.74, 6) is -0.420. The number of rotatable bonds is 6. The Balaban J connectivity index is 1.28.